The molecule has 130 valence electrons. The fourth-order valence-electron chi connectivity index (χ4n) is 2.48. The highest BCUT2D eigenvalue weighted by Gasteiger charge is 2.35. The fourth-order valence-corrected chi connectivity index (χ4v) is 2.48. The van der Waals surface area contributed by atoms with Gasteiger partial charge in [-0.2, -0.15) is 13.2 Å². The van der Waals surface area contributed by atoms with Crippen molar-refractivity contribution in [3.63, 3.8) is 0 Å². The molecule has 0 aliphatic carbocycles. The van der Waals surface area contributed by atoms with Crippen LogP contribution in [0.15, 0.2) is 41.4 Å². The molecule has 1 aliphatic heterocycles. The minimum Gasteiger partial charge on any atom is -0.343 e. The topological polar surface area (TPSA) is 73.7 Å². The van der Waals surface area contributed by atoms with E-state index >= 15 is 0 Å². The highest BCUT2D eigenvalue weighted by atomic mass is 19.4. The first-order valence-electron chi connectivity index (χ1n) is 7.06. The SMILES string of the molecule is O=C(NO)c1cccc(NC2=Nc3cc(F)c(C(F)(F)F)cc3C2)c1. The summed E-state index contributed by atoms with van der Waals surface area (Å²) in [4.78, 5) is 15.5. The van der Waals surface area contributed by atoms with Crippen LogP contribution in [0.2, 0.25) is 0 Å². The summed E-state index contributed by atoms with van der Waals surface area (Å²) in [5.41, 5.74) is 1.16. The van der Waals surface area contributed by atoms with E-state index in [1.807, 2.05) is 0 Å². The molecule has 1 amide bonds. The van der Waals surface area contributed by atoms with Gasteiger partial charge in [-0.25, -0.2) is 14.9 Å². The van der Waals surface area contributed by atoms with Crippen molar-refractivity contribution in [2.24, 2.45) is 4.99 Å². The number of aliphatic imine (C=N–C) groups is 1. The molecule has 0 spiro atoms. The van der Waals surface area contributed by atoms with E-state index in [9.17, 15) is 22.4 Å². The summed E-state index contributed by atoms with van der Waals surface area (Å²) in [6.45, 7) is 0. The molecule has 0 unspecified atom stereocenters. The lowest BCUT2D eigenvalue weighted by Gasteiger charge is -2.09. The van der Waals surface area contributed by atoms with Gasteiger partial charge in [0.25, 0.3) is 5.91 Å². The standard InChI is InChI=1S/C16H11F4N3O2/c17-12-7-13-9(5-11(12)16(18,19)20)6-14(22-13)21-10-3-1-2-8(4-10)15(24)23-25/h1-5,7,25H,6H2,(H,21,22)(H,23,24). The summed E-state index contributed by atoms with van der Waals surface area (Å²) in [7, 11) is 0. The van der Waals surface area contributed by atoms with E-state index < -0.39 is 23.5 Å². The summed E-state index contributed by atoms with van der Waals surface area (Å²) >= 11 is 0. The van der Waals surface area contributed by atoms with E-state index in [1.165, 1.54) is 17.6 Å². The monoisotopic (exact) mass is 353 g/mol. The Bertz CT molecular complexity index is 878. The van der Waals surface area contributed by atoms with E-state index in [1.54, 1.807) is 12.1 Å². The average Bonchev–Trinajstić information content (AvgIpc) is 2.93. The second-order valence-corrected chi connectivity index (χ2v) is 5.34. The zero-order valence-corrected chi connectivity index (χ0v) is 12.5. The lowest BCUT2D eigenvalue weighted by atomic mass is 10.1. The number of anilines is 1. The summed E-state index contributed by atoms with van der Waals surface area (Å²) < 4.78 is 51.9. The highest BCUT2D eigenvalue weighted by molar-refractivity contribution is 6.03. The third kappa shape index (κ3) is 3.45. The molecule has 0 saturated carbocycles. The van der Waals surface area contributed by atoms with Crippen LogP contribution in [0.25, 0.3) is 0 Å². The molecule has 3 rings (SSSR count). The molecule has 0 saturated heterocycles. The quantitative estimate of drug-likeness (QED) is 0.438. The maximum Gasteiger partial charge on any atom is 0.419 e. The highest BCUT2D eigenvalue weighted by Crippen LogP contribution is 2.37. The number of hydroxylamine groups is 1. The number of alkyl halides is 3. The first-order valence-corrected chi connectivity index (χ1v) is 7.06. The Kier molecular flexibility index (Phi) is 4.17. The molecule has 0 aromatic heterocycles. The maximum atomic E-state index is 13.6. The van der Waals surface area contributed by atoms with Crippen LogP contribution in [0, 0.1) is 5.82 Å². The van der Waals surface area contributed by atoms with Crippen LogP contribution in [-0.4, -0.2) is 17.0 Å². The molecule has 9 heteroatoms. The zero-order valence-electron chi connectivity index (χ0n) is 12.5. The van der Waals surface area contributed by atoms with E-state index in [2.05, 4.69) is 10.3 Å². The molecule has 2 aromatic carbocycles. The van der Waals surface area contributed by atoms with Gasteiger partial charge in [0.1, 0.15) is 11.7 Å². The number of nitrogens with one attached hydrogen (secondary N) is 2. The van der Waals surface area contributed by atoms with Gasteiger partial charge in [-0.3, -0.25) is 10.0 Å². The first-order chi connectivity index (χ1) is 11.8. The van der Waals surface area contributed by atoms with Crippen LogP contribution in [0.1, 0.15) is 21.5 Å². The second kappa shape index (κ2) is 6.17. The van der Waals surface area contributed by atoms with E-state index in [0.29, 0.717) is 11.5 Å². The van der Waals surface area contributed by atoms with Gasteiger partial charge in [-0.1, -0.05) is 6.07 Å². The van der Waals surface area contributed by atoms with Crippen molar-refractivity contribution in [1.29, 1.82) is 0 Å². The Hall–Kier alpha value is -2.94. The smallest absolute Gasteiger partial charge is 0.343 e. The van der Waals surface area contributed by atoms with Crippen molar-refractivity contribution >= 4 is 23.1 Å². The number of amidine groups is 1. The molecule has 0 radical (unpaired) electrons. The van der Waals surface area contributed by atoms with Gasteiger partial charge in [0.15, 0.2) is 0 Å². The number of carbonyl (C=O) groups is 1. The molecule has 2 aromatic rings. The Morgan fingerprint density at radius 3 is 2.64 bits per heavy atom. The van der Waals surface area contributed by atoms with Crippen LogP contribution >= 0.6 is 0 Å². The number of fused-ring (bicyclic) bond motifs is 1. The largest absolute Gasteiger partial charge is 0.419 e. The first kappa shape index (κ1) is 16.9. The van der Waals surface area contributed by atoms with E-state index in [4.69, 9.17) is 5.21 Å². The van der Waals surface area contributed by atoms with Crippen LogP contribution in [0.5, 0.6) is 0 Å². The lowest BCUT2D eigenvalue weighted by molar-refractivity contribution is -0.140. The number of halogens is 4. The van der Waals surface area contributed by atoms with Gasteiger partial charge in [0.05, 0.1) is 11.3 Å². The number of carbonyl (C=O) groups excluding carboxylic acids is 1. The summed E-state index contributed by atoms with van der Waals surface area (Å²) in [6, 6.07) is 7.56. The third-order valence-corrected chi connectivity index (χ3v) is 3.60. The second-order valence-electron chi connectivity index (χ2n) is 5.34. The summed E-state index contributed by atoms with van der Waals surface area (Å²) in [5, 5.41) is 11.5. The van der Waals surface area contributed by atoms with Crippen LogP contribution < -0.4 is 10.8 Å². The van der Waals surface area contributed by atoms with E-state index in [0.717, 1.165) is 12.1 Å². The minimum absolute atomic E-state index is 0.0646. The molecule has 0 atom stereocenters. The van der Waals surface area contributed by atoms with Gasteiger partial charge in [0, 0.05) is 23.7 Å². The predicted octanol–water partition coefficient (Wildman–Crippen LogP) is 3.66. The van der Waals surface area contributed by atoms with Crippen LogP contribution in [0.4, 0.5) is 28.9 Å². The fraction of sp³-hybridized carbons (Fsp3) is 0.125. The number of benzene rings is 2. The molecule has 1 heterocycles. The molecular formula is C16H11F4N3O2. The van der Waals surface area contributed by atoms with Gasteiger partial charge in [-0.15, -0.1) is 0 Å². The van der Waals surface area contributed by atoms with Crippen molar-refractivity contribution in [1.82, 2.24) is 5.48 Å². The number of rotatable bonds is 2. The van der Waals surface area contributed by atoms with Crippen molar-refractivity contribution in [2.45, 2.75) is 12.6 Å². The van der Waals surface area contributed by atoms with Gasteiger partial charge >= 0.3 is 6.18 Å². The van der Waals surface area contributed by atoms with Crippen LogP contribution in [-0.2, 0) is 12.6 Å². The number of hydrogen-bond acceptors (Lipinski definition) is 4. The minimum atomic E-state index is -4.78. The normalized spacial score (nSPS) is 13.2. The Morgan fingerprint density at radius 2 is 1.96 bits per heavy atom. The predicted molar refractivity (Wildman–Crippen MR) is 81.5 cm³/mol. The van der Waals surface area contributed by atoms with Gasteiger partial charge in [0.2, 0.25) is 0 Å². The van der Waals surface area contributed by atoms with Gasteiger partial charge < -0.3 is 5.32 Å². The van der Waals surface area contributed by atoms with Gasteiger partial charge in [-0.05, 0) is 29.8 Å². The Balaban J connectivity index is 1.82. The molecule has 1 aliphatic rings. The third-order valence-electron chi connectivity index (χ3n) is 3.60. The average molecular weight is 353 g/mol. The Labute approximate surface area is 139 Å². The molecule has 0 bridgehead atoms. The van der Waals surface area contributed by atoms with Crippen LogP contribution in [0.3, 0.4) is 0 Å². The molecule has 5 nitrogen and oxygen atoms in total. The van der Waals surface area contributed by atoms with Crippen molar-refractivity contribution in [2.75, 3.05) is 5.32 Å². The molecule has 0 fully saturated rings. The number of hydrogen-bond donors (Lipinski definition) is 3. The maximum absolute atomic E-state index is 13.6. The molecule has 3 N–H and O–H groups in total. The van der Waals surface area contributed by atoms with Crippen molar-refractivity contribution < 1.29 is 27.6 Å². The van der Waals surface area contributed by atoms with Crippen molar-refractivity contribution in [3.8, 4) is 0 Å². The Morgan fingerprint density at radius 1 is 1.20 bits per heavy atom. The van der Waals surface area contributed by atoms with Crippen molar-refractivity contribution in [3.05, 3.63) is 58.9 Å². The number of nitrogens with zero attached hydrogens (tertiary/aromatic N) is 1. The lowest BCUT2D eigenvalue weighted by Crippen LogP contribution is -2.19. The summed E-state index contributed by atoms with van der Waals surface area (Å²) in [6.07, 6.45) is -4.71. The summed E-state index contributed by atoms with van der Waals surface area (Å²) in [5.74, 6) is -1.77. The molecular weight excluding hydrogens is 342 g/mol. The molecule has 25 heavy (non-hydrogen) atoms. The zero-order chi connectivity index (χ0) is 18.2. The number of amides is 1. The van der Waals surface area contributed by atoms with E-state index in [-0.39, 0.29) is 23.2 Å².